The molecule has 0 heterocycles. The van der Waals surface area contributed by atoms with Gasteiger partial charge in [0.05, 0.1) is 0 Å². The topological polar surface area (TPSA) is 18.5 Å². The Labute approximate surface area is 107 Å². The van der Waals surface area contributed by atoms with E-state index < -0.39 is 0 Å². The summed E-state index contributed by atoms with van der Waals surface area (Å²) in [6.07, 6.45) is 6.97. The molecule has 3 heteroatoms. The number of hydrogen-bond donors (Lipinski definition) is 1. The molecule has 2 atom stereocenters. The molecule has 0 radical (unpaired) electrons. The van der Waals surface area contributed by atoms with Crippen LogP contribution >= 0.6 is 0 Å². The second kappa shape index (κ2) is 6.17. The highest BCUT2D eigenvalue weighted by Crippen LogP contribution is 2.32. The lowest BCUT2D eigenvalue weighted by Crippen LogP contribution is -2.49. The standard InChI is InChI=1S/C14H29N3/c1-16(2)9-4-10-17(3)14-8-5-12(14)11-15-13-6-7-13/h12-15H,4-11H2,1-3H3. The van der Waals surface area contributed by atoms with Crippen LogP contribution in [0.15, 0.2) is 0 Å². The Bertz CT molecular complexity index is 226. The molecule has 1 N–H and O–H groups in total. The van der Waals surface area contributed by atoms with Crippen LogP contribution in [0.4, 0.5) is 0 Å². The van der Waals surface area contributed by atoms with E-state index in [2.05, 4.69) is 36.3 Å². The highest BCUT2D eigenvalue weighted by atomic mass is 15.2. The Morgan fingerprint density at radius 1 is 1.00 bits per heavy atom. The zero-order valence-corrected chi connectivity index (χ0v) is 11.8. The lowest BCUT2D eigenvalue weighted by Gasteiger charge is -2.43. The second-order valence-electron chi connectivity index (χ2n) is 6.22. The molecule has 0 aliphatic heterocycles. The van der Waals surface area contributed by atoms with Crippen molar-refractivity contribution in [1.29, 1.82) is 0 Å². The van der Waals surface area contributed by atoms with Crippen LogP contribution in [0.5, 0.6) is 0 Å². The summed E-state index contributed by atoms with van der Waals surface area (Å²) in [5.74, 6) is 0.917. The molecular weight excluding hydrogens is 210 g/mol. The van der Waals surface area contributed by atoms with E-state index in [1.54, 1.807) is 0 Å². The predicted octanol–water partition coefficient (Wildman–Crippen LogP) is 1.40. The van der Waals surface area contributed by atoms with Gasteiger partial charge in [0.1, 0.15) is 0 Å². The minimum atomic E-state index is 0.850. The van der Waals surface area contributed by atoms with Gasteiger partial charge in [0.2, 0.25) is 0 Å². The van der Waals surface area contributed by atoms with Gasteiger partial charge in [-0.05, 0) is 78.8 Å². The summed E-state index contributed by atoms with van der Waals surface area (Å²) in [5, 5.41) is 3.68. The maximum atomic E-state index is 3.68. The Balaban J connectivity index is 1.59. The van der Waals surface area contributed by atoms with Gasteiger partial charge in [-0.1, -0.05) is 0 Å². The van der Waals surface area contributed by atoms with Gasteiger partial charge in [0.25, 0.3) is 0 Å². The van der Waals surface area contributed by atoms with Crippen LogP contribution in [-0.4, -0.2) is 62.7 Å². The van der Waals surface area contributed by atoms with E-state index in [0.29, 0.717) is 0 Å². The molecule has 2 fully saturated rings. The summed E-state index contributed by atoms with van der Waals surface area (Å²) < 4.78 is 0. The van der Waals surface area contributed by atoms with E-state index in [4.69, 9.17) is 0 Å². The van der Waals surface area contributed by atoms with Crippen LogP contribution in [0.25, 0.3) is 0 Å². The maximum Gasteiger partial charge on any atom is 0.0133 e. The molecule has 0 amide bonds. The van der Waals surface area contributed by atoms with E-state index in [-0.39, 0.29) is 0 Å². The van der Waals surface area contributed by atoms with Crippen molar-refractivity contribution in [3.8, 4) is 0 Å². The summed E-state index contributed by atoms with van der Waals surface area (Å²) in [6.45, 7) is 3.72. The minimum Gasteiger partial charge on any atom is -0.314 e. The van der Waals surface area contributed by atoms with Gasteiger partial charge in [-0.15, -0.1) is 0 Å². The van der Waals surface area contributed by atoms with Crippen molar-refractivity contribution in [1.82, 2.24) is 15.1 Å². The van der Waals surface area contributed by atoms with E-state index in [1.807, 2.05) is 0 Å². The lowest BCUT2D eigenvalue weighted by atomic mass is 9.78. The SMILES string of the molecule is CN(C)CCCN(C)C1CCC1CNC1CC1. The molecule has 0 saturated heterocycles. The van der Waals surface area contributed by atoms with Crippen LogP contribution in [0.2, 0.25) is 0 Å². The first kappa shape index (κ1) is 13.3. The summed E-state index contributed by atoms with van der Waals surface area (Å²) >= 11 is 0. The Morgan fingerprint density at radius 2 is 1.76 bits per heavy atom. The van der Waals surface area contributed by atoms with Crippen molar-refractivity contribution < 1.29 is 0 Å². The fourth-order valence-electron chi connectivity index (χ4n) is 2.78. The number of rotatable bonds is 8. The summed E-state index contributed by atoms with van der Waals surface area (Å²) in [4.78, 5) is 4.87. The van der Waals surface area contributed by atoms with Crippen molar-refractivity contribution >= 4 is 0 Å². The average Bonchev–Trinajstić information content (AvgIpc) is 2.99. The molecule has 0 aromatic carbocycles. The van der Waals surface area contributed by atoms with Crippen LogP contribution in [0.1, 0.15) is 32.1 Å². The number of hydrogen-bond acceptors (Lipinski definition) is 3. The first-order chi connectivity index (χ1) is 8.16. The van der Waals surface area contributed by atoms with Crippen LogP contribution in [-0.2, 0) is 0 Å². The van der Waals surface area contributed by atoms with Gasteiger partial charge in [-0.2, -0.15) is 0 Å². The van der Waals surface area contributed by atoms with Gasteiger partial charge < -0.3 is 15.1 Å². The molecule has 2 saturated carbocycles. The highest BCUT2D eigenvalue weighted by Gasteiger charge is 2.34. The molecule has 2 aliphatic rings. The van der Waals surface area contributed by atoms with Crippen LogP contribution in [0, 0.1) is 5.92 Å². The fourth-order valence-corrected chi connectivity index (χ4v) is 2.78. The third kappa shape index (κ3) is 4.23. The number of nitrogens with zero attached hydrogens (tertiary/aromatic N) is 2. The monoisotopic (exact) mass is 239 g/mol. The van der Waals surface area contributed by atoms with E-state index >= 15 is 0 Å². The molecule has 2 unspecified atom stereocenters. The molecule has 100 valence electrons. The third-order valence-corrected chi connectivity index (χ3v) is 4.31. The van der Waals surface area contributed by atoms with Gasteiger partial charge in [-0.25, -0.2) is 0 Å². The Morgan fingerprint density at radius 3 is 2.29 bits per heavy atom. The van der Waals surface area contributed by atoms with Gasteiger partial charge in [-0.3, -0.25) is 0 Å². The Hall–Kier alpha value is -0.120. The third-order valence-electron chi connectivity index (χ3n) is 4.31. The average molecular weight is 239 g/mol. The van der Waals surface area contributed by atoms with Crippen molar-refractivity contribution in [3.05, 3.63) is 0 Å². The van der Waals surface area contributed by atoms with Gasteiger partial charge in [0.15, 0.2) is 0 Å². The highest BCUT2D eigenvalue weighted by molar-refractivity contribution is 4.91. The van der Waals surface area contributed by atoms with E-state index in [0.717, 1.165) is 18.0 Å². The van der Waals surface area contributed by atoms with Crippen molar-refractivity contribution in [3.63, 3.8) is 0 Å². The first-order valence-electron chi connectivity index (χ1n) is 7.25. The zero-order chi connectivity index (χ0) is 12.3. The fraction of sp³-hybridized carbons (Fsp3) is 1.00. The van der Waals surface area contributed by atoms with E-state index in [1.165, 1.54) is 51.7 Å². The zero-order valence-electron chi connectivity index (χ0n) is 11.8. The molecule has 2 aliphatic carbocycles. The molecule has 0 aromatic heterocycles. The second-order valence-corrected chi connectivity index (χ2v) is 6.22. The molecule has 0 aromatic rings. The lowest BCUT2D eigenvalue weighted by molar-refractivity contribution is 0.0810. The molecule has 0 bridgehead atoms. The van der Waals surface area contributed by atoms with Crippen molar-refractivity contribution in [2.24, 2.45) is 5.92 Å². The number of nitrogens with one attached hydrogen (secondary N) is 1. The van der Waals surface area contributed by atoms with E-state index in [9.17, 15) is 0 Å². The molecule has 0 spiro atoms. The smallest absolute Gasteiger partial charge is 0.0133 e. The van der Waals surface area contributed by atoms with Crippen molar-refractivity contribution in [2.75, 3.05) is 40.8 Å². The molecule has 17 heavy (non-hydrogen) atoms. The Kier molecular flexibility index (Phi) is 4.83. The first-order valence-corrected chi connectivity index (χ1v) is 7.25. The maximum absolute atomic E-state index is 3.68. The predicted molar refractivity (Wildman–Crippen MR) is 73.3 cm³/mol. The van der Waals surface area contributed by atoms with Crippen molar-refractivity contribution in [2.45, 2.75) is 44.2 Å². The largest absolute Gasteiger partial charge is 0.314 e. The molecular formula is C14H29N3. The normalized spacial score (nSPS) is 28.8. The summed E-state index contributed by atoms with van der Waals surface area (Å²) in [7, 11) is 6.63. The van der Waals surface area contributed by atoms with Gasteiger partial charge in [0, 0.05) is 12.1 Å². The summed E-state index contributed by atoms with van der Waals surface area (Å²) in [6, 6.07) is 1.72. The summed E-state index contributed by atoms with van der Waals surface area (Å²) in [5.41, 5.74) is 0. The van der Waals surface area contributed by atoms with Crippen LogP contribution < -0.4 is 5.32 Å². The quantitative estimate of drug-likeness (QED) is 0.691. The molecule has 3 nitrogen and oxygen atoms in total. The van der Waals surface area contributed by atoms with Gasteiger partial charge >= 0.3 is 0 Å². The van der Waals surface area contributed by atoms with Crippen LogP contribution in [0.3, 0.4) is 0 Å². The minimum absolute atomic E-state index is 0.850. The molecule has 2 rings (SSSR count).